The molecule has 2 N–H and O–H groups in total. The number of halogens is 2. The van der Waals surface area contributed by atoms with Gasteiger partial charge in [0.25, 0.3) is 0 Å². The van der Waals surface area contributed by atoms with Crippen LogP contribution < -0.4 is 10.6 Å². The summed E-state index contributed by atoms with van der Waals surface area (Å²) in [7, 11) is 1.80. The maximum absolute atomic E-state index is 6.16. The number of rotatable bonds is 5. The molecule has 0 amide bonds. The monoisotopic (exact) mass is 315 g/mol. The van der Waals surface area contributed by atoms with Crippen molar-refractivity contribution in [2.45, 2.75) is 39.0 Å². The number of nitrogens with zero attached hydrogens (tertiary/aromatic N) is 1. The van der Waals surface area contributed by atoms with E-state index in [9.17, 15) is 0 Å². The van der Waals surface area contributed by atoms with Crippen LogP contribution in [0, 0.1) is 11.8 Å². The highest BCUT2D eigenvalue weighted by atomic mass is 35.5. The topological polar surface area (TPSA) is 37.0 Å². The Morgan fingerprint density at radius 2 is 1.80 bits per heavy atom. The maximum atomic E-state index is 6.16. The third-order valence-corrected chi connectivity index (χ3v) is 4.72. The largest absolute Gasteiger partial charge is 0.372 e. The number of aromatic nitrogens is 1. The van der Waals surface area contributed by atoms with Crippen LogP contribution in [0.1, 0.15) is 39.0 Å². The van der Waals surface area contributed by atoms with Gasteiger partial charge in [0.1, 0.15) is 11.6 Å². The van der Waals surface area contributed by atoms with E-state index in [1.165, 1.54) is 32.1 Å². The minimum Gasteiger partial charge on any atom is -0.372 e. The number of anilines is 2. The van der Waals surface area contributed by atoms with Gasteiger partial charge in [-0.1, -0.05) is 55.8 Å². The van der Waals surface area contributed by atoms with Crippen LogP contribution in [0.15, 0.2) is 6.07 Å². The van der Waals surface area contributed by atoms with Gasteiger partial charge in [-0.3, -0.25) is 0 Å². The first kappa shape index (κ1) is 15.7. The predicted octanol–water partition coefficient (Wildman–Crippen LogP) is 5.06. The van der Waals surface area contributed by atoms with Gasteiger partial charge in [-0.15, -0.1) is 0 Å². The second-order valence-corrected chi connectivity index (χ2v) is 6.55. The summed E-state index contributed by atoms with van der Waals surface area (Å²) in [4.78, 5) is 4.40. The molecule has 0 saturated heterocycles. The van der Waals surface area contributed by atoms with Crippen LogP contribution >= 0.6 is 23.2 Å². The highest BCUT2D eigenvalue weighted by molar-refractivity contribution is 6.37. The Kier molecular flexibility index (Phi) is 5.79. The molecule has 20 heavy (non-hydrogen) atoms. The van der Waals surface area contributed by atoms with Crippen molar-refractivity contribution in [1.82, 2.24) is 4.98 Å². The van der Waals surface area contributed by atoms with Gasteiger partial charge >= 0.3 is 0 Å². The Labute approximate surface area is 131 Å². The van der Waals surface area contributed by atoms with Gasteiger partial charge in [0.05, 0.1) is 10.0 Å². The summed E-state index contributed by atoms with van der Waals surface area (Å²) in [5.41, 5.74) is 0. The first-order valence-electron chi connectivity index (χ1n) is 7.37. The summed E-state index contributed by atoms with van der Waals surface area (Å²) in [6.45, 7) is 3.27. The lowest BCUT2D eigenvalue weighted by molar-refractivity contribution is 0.282. The van der Waals surface area contributed by atoms with Crippen molar-refractivity contribution in [3.8, 4) is 0 Å². The molecule has 0 bridgehead atoms. The highest BCUT2D eigenvalue weighted by Crippen LogP contribution is 2.31. The Morgan fingerprint density at radius 3 is 2.45 bits per heavy atom. The Hall–Kier alpha value is -0.670. The minimum absolute atomic E-state index is 0.546. The maximum Gasteiger partial charge on any atom is 0.147 e. The molecule has 0 aromatic carbocycles. The first-order valence-corrected chi connectivity index (χ1v) is 8.13. The van der Waals surface area contributed by atoms with Gasteiger partial charge in [-0.05, 0) is 24.3 Å². The smallest absolute Gasteiger partial charge is 0.147 e. The molecule has 1 aromatic heterocycles. The SMILES string of the molecule is CNc1nc(NCCC2CCC(C)CC2)c(Cl)cc1Cl. The Morgan fingerprint density at radius 1 is 1.15 bits per heavy atom. The second kappa shape index (κ2) is 7.37. The summed E-state index contributed by atoms with van der Waals surface area (Å²) >= 11 is 12.2. The summed E-state index contributed by atoms with van der Waals surface area (Å²) in [6, 6.07) is 1.73. The molecule has 3 nitrogen and oxygen atoms in total. The molecule has 0 atom stereocenters. The molecule has 2 rings (SSSR count). The van der Waals surface area contributed by atoms with E-state index in [-0.39, 0.29) is 0 Å². The van der Waals surface area contributed by atoms with E-state index in [1.807, 2.05) is 0 Å². The van der Waals surface area contributed by atoms with Crippen molar-refractivity contribution in [2.75, 3.05) is 24.2 Å². The average Bonchev–Trinajstić information content (AvgIpc) is 2.43. The van der Waals surface area contributed by atoms with Crippen LogP contribution in [-0.2, 0) is 0 Å². The van der Waals surface area contributed by atoms with Gasteiger partial charge in [0.2, 0.25) is 0 Å². The molecular weight excluding hydrogens is 293 g/mol. The van der Waals surface area contributed by atoms with Crippen molar-refractivity contribution in [3.05, 3.63) is 16.1 Å². The predicted molar refractivity (Wildman–Crippen MR) is 88.0 cm³/mol. The fourth-order valence-corrected chi connectivity index (χ4v) is 3.30. The molecule has 1 aliphatic rings. The quantitative estimate of drug-likeness (QED) is 0.797. The van der Waals surface area contributed by atoms with Crippen molar-refractivity contribution < 1.29 is 0 Å². The molecule has 1 fully saturated rings. The van der Waals surface area contributed by atoms with Gasteiger partial charge in [0, 0.05) is 13.6 Å². The number of nitrogens with one attached hydrogen (secondary N) is 2. The normalized spacial score (nSPS) is 22.6. The molecule has 1 saturated carbocycles. The lowest BCUT2D eigenvalue weighted by Gasteiger charge is -2.26. The molecule has 0 spiro atoms. The fourth-order valence-electron chi connectivity index (χ4n) is 2.78. The number of hydrogen-bond donors (Lipinski definition) is 2. The highest BCUT2D eigenvalue weighted by Gasteiger charge is 2.18. The minimum atomic E-state index is 0.546. The van der Waals surface area contributed by atoms with Crippen molar-refractivity contribution in [1.29, 1.82) is 0 Å². The Balaban J connectivity index is 1.85. The van der Waals surface area contributed by atoms with E-state index in [0.717, 1.165) is 18.4 Å². The molecule has 0 aliphatic heterocycles. The van der Waals surface area contributed by atoms with Crippen LogP contribution in [0.2, 0.25) is 10.0 Å². The van der Waals surface area contributed by atoms with Crippen LogP contribution in [0.3, 0.4) is 0 Å². The van der Waals surface area contributed by atoms with Crippen molar-refractivity contribution in [3.63, 3.8) is 0 Å². The average molecular weight is 316 g/mol. The summed E-state index contributed by atoms with van der Waals surface area (Å²) in [5.74, 6) is 3.12. The van der Waals surface area contributed by atoms with Crippen molar-refractivity contribution >= 4 is 34.8 Å². The van der Waals surface area contributed by atoms with E-state index >= 15 is 0 Å². The van der Waals surface area contributed by atoms with Gasteiger partial charge < -0.3 is 10.6 Å². The third kappa shape index (κ3) is 4.16. The van der Waals surface area contributed by atoms with E-state index < -0.39 is 0 Å². The zero-order chi connectivity index (χ0) is 14.5. The molecule has 112 valence electrons. The van der Waals surface area contributed by atoms with E-state index in [2.05, 4.69) is 22.5 Å². The molecule has 1 aromatic rings. The van der Waals surface area contributed by atoms with Crippen LogP contribution in [0.5, 0.6) is 0 Å². The lowest BCUT2D eigenvalue weighted by atomic mass is 9.81. The molecule has 5 heteroatoms. The van der Waals surface area contributed by atoms with E-state index in [0.29, 0.717) is 21.7 Å². The first-order chi connectivity index (χ1) is 9.60. The molecule has 1 heterocycles. The summed E-state index contributed by atoms with van der Waals surface area (Å²) in [6.07, 6.45) is 6.63. The molecule has 1 aliphatic carbocycles. The fraction of sp³-hybridized carbons (Fsp3) is 0.667. The zero-order valence-electron chi connectivity index (χ0n) is 12.2. The van der Waals surface area contributed by atoms with Crippen LogP contribution in [-0.4, -0.2) is 18.6 Å². The number of pyridine rings is 1. The standard InChI is InChI=1S/C15H23Cl2N3/c1-10-3-5-11(6-4-10)7-8-19-15-13(17)9-12(16)14(18-2)20-15/h9-11H,3-8H2,1-2H3,(H2,18,19,20). The molecular formula is C15H23Cl2N3. The van der Waals surface area contributed by atoms with E-state index in [1.54, 1.807) is 13.1 Å². The molecule has 0 radical (unpaired) electrons. The third-order valence-electron chi connectivity index (χ3n) is 4.15. The summed E-state index contributed by atoms with van der Waals surface area (Å²) < 4.78 is 0. The lowest BCUT2D eigenvalue weighted by Crippen LogP contribution is -2.16. The van der Waals surface area contributed by atoms with Gasteiger partial charge in [-0.2, -0.15) is 0 Å². The van der Waals surface area contributed by atoms with Crippen LogP contribution in [0.25, 0.3) is 0 Å². The summed E-state index contributed by atoms with van der Waals surface area (Å²) in [5, 5.41) is 7.42. The Bertz CT molecular complexity index is 443. The van der Waals surface area contributed by atoms with E-state index in [4.69, 9.17) is 23.2 Å². The zero-order valence-corrected chi connectivity index (χ0v) is 13.7. The van der Waals surface area contributed by atoms with Gasteiger partial charge in [-0.25, -0.2) is 4.98 Å². The van der Waals surface area contributed by atoms with Crippen LogP contribution in [0.4, 0.5) is 11.6 Å². The molecule has 0 unspecified atom stereocenters. The van der Waals surface area contributed by atoms with Gasteiger partial charge in [0.15, 0.2) is 0 Å². The van der Waals surface area contributed by atoms with Crippen molar-refractivity contribution in [2.24, 2.45) is 11.8 Å². The number of hydrogen-bond acceptors (Lipinski definition) is 3. The second-order valence-electron chi connectivity index (χ2n) is 5.74.